The predicted molar refractivity (Wildman–Crippen MR) is 104 cm³/mol. The first kappa shape index (κ1) is 16.6. The van der Waals surface area contributed by atoms with Crippen LogP contribution in [0, 0.1) is 0 Å². The molecule has 2 aromatic heterocycles. The van der Waals surface area contributed by atoms with Gasteiger partial charge < -0.3 is 5.32 Å². The molecule has 0 bridgehead atoms. The number of anilines is 1. The minimum absolute atomic E-state index is 0.0763. The van der Waals surface area contributed by atoms with Crippen LogP contribution >= 0.6 is 0 Å². The Balaban J connectivity index is 1.64. The highest BCUT2D eigenvalue weighted by atomic mass is 15.2. The van der Waals surface area contributed by atoms with Crippen LogP contribution in [-0.4, -0.2) is 19.5 Å². The minimum atomic E-state index is 0.0763. The Hall–Kier alpha value is -3.90. The molecule has 8 nitrogen and oxygen atoms in total. The van der Waals surface area contributed by atoms with Crippen LogP contribution in [0.15, 0.2) is 72.2 Å². The average molecular weight is 356 g/mol. The summed E-state index contributed by atoms with van der Waals surface area (Å²) in [5.74, 6) is 1.24. The van der Waals surface area contributed by atoms with Crippen LogP contribution < -0.4 is 5.32 Å². The lowest BCUT2D eigenvalue weighted by atomic mass is 10.1. The van der Waals surface area contributed by atoms with Crippen LogP contribution in [0.4, 0.5) is 11.6 Å². The number of nitrogens with zero attached hydrogens (tertiary/aromatic N) is 7. The van der Waals surface area contributed by atoms with Gasteiger partial charge in [-0.15, -0.1) is 0 Å². The molecule has 8 heteroatoms. The van der Waals surface area contributed by atoms with Crippen LogP contribution in [0.3, 0.4) is 0 Å². The summed E-state index contributed by atoms with van der Waals surface area (Å²) in [5.41, 5.74) is 11.8. The number of hydrogen-bond acceptors (Lipinski definition) is 5. The van der Waals surface area contributed by atoms with Crippen molar-refractivity contribution < 1.29 is 0 Å². The van der Waals surface area contributed by atoms with E-state index in [0.717, 1.165) is 16.6 Å². The Morgan fingerprint density at radius 1 is 1.11 bits per heavy atom. The second-order valence-corrected chi connectivity index (χ2v) is 5.99. The van der Waals surface area contributed by atoms with Gasteiger partial charge >= 0.3 is 0 Å². The van der Waals surface area contributed by atoms with Gasteiger partial charge in [0.05, 0.1) is 17.1 Å². The van der Waals surface area contributed by atoms with Gasteiger partial charge in [0, 0.05) is 16.8 Å². The van der Waals surface area contributed by atoms with Gasteiger partial charge in [0.2, 0.25) is 5.95 Å². The molecule has 0 aliphatic carbocycles. The summed E-state index contributed by atoms with van der Waals surface area (Å²) < 4.78 is 1.87. The highest BCUT2D eigenvalue weighted by molar-refractivity contribution is 5.80. The van der Waals surface area contributed by atoms with E-state index in [1.165, 1.54) is 0 Å². The minimum Gasteiger partial charge on any atom is -0.348 e. The molecule has 1 unspecified atom stereocenters. The van der Waals surface area contributed by atoms with Gasteiger partial charge in [0.25, 0.3) is 0 Å². The standard InChI is InChI=1S/C19H16N8/c1-13(14-5-3-2-4-6-14)23-19-21-10-9-18(24-19)27-12-22-16-11-15(25-26-20)7-8-17(16)27/h2-13H,1H3,(H,21,23,24). The molecule has 0 spiro atoms. The van der Waals surface area contributed by atoms with Crippen molar-refractivity contribution in [1.82, 2.24) is 19.5 Å². The van der Waals surface area contributed by atoms with Gasteiger partial charge in [-0.3, -0.25) is 4.57 Å². The fourth-order valence-electron chi connectivity index (χ4n) is 2.87. The lowest BCUT2D eigenvalue weighted by Gasteiger charge is -2.14. The fourth-order valence-corrected chi connectivity index (χ4v) is 2.87. The van der Waals surface area contributed by atoms with E-state index in [0.29, 0.717) is 17.5 Å². The molecule has 0 radical (unpaired) electrons. The van der Waals surface area contributed by atoms with Gasteiger partial charge in [-0.2, -0.15) is 4.98 Å². The van der Waals surface area contributed by atoms with Gasteiger partial charge in [-0.25, -0.2) is 9.97 Å². The number of rotatable bonds is 5. The number of nitrogens with one attached hydrogen (secondary N) is 1. The average Bonchev–Trinajstić information content (AvgIpc) is 3.12. The summed E-state index contributed by atoms with van der Waals surface area (Å²) >= 11 is 0. The Kier molecular flexibility index (Phi) is 4.38. The number of aromatic nitrogens is 4. The van der Waals surface area contributed by atoms with E-state index in [9.17, 15) is 0 Å². The van der Waals surface area contributed by atoms with Crippen molar-refractivity contribution in [3.05, 3.63) is 83.1 Å². The molecular formula is C19H16N8. The van der Waals surface area contributed by atoms with E-state index in [-0.39, 0.29) is 6.04 Å². The monoisotopic (exact) mass is 356 g/mol. The Morgan fingerprint density at radius 3 is 2.78 bits per heavy atom. The van der Waals surface area contributed by atoms with E-state index in [4.69, 9.17) is 5.53 Å². The van der Waals surface area contributed by atoms with Crippen LogP contribution in [0.5, 0.6) is 0 Å². The molecular weight excluding hydrogens is 340 g/mol. The largest absolute Gasteiger partial charge is 0.348 e. The van der Waals surface area contributed by atoms with Crippen LogP contribution in [0.1, 0.15) is 18.5 Å². The van der Waals surface area contributed by atoms with Crippen molar-refractivity contribution in [1.29, 1.82) is 0 Å². The van der Waals surface area contributed by atoms with Crippen molar-refractivity contribution >= 4 is 22.7 Å². The zero-order valence-corrected chi connectivity index (χ0v) is 14.6. The number of imidazole rings is 1. The molecule has 2 aromatic carbocycles. The maximum Gasteiger partial charge on any atom is 0.225 e. The quantitative estimate of drug-likeness (QED) is 0.311. The second-order valence-electron chi connectivity index (χ2n) is 5.99. The lowest BCUT2D eigenvalue weighted by Crippen LogP contribution is -2.10. The first-order valence-corrected chi connectivity index (χ1v) is 8.42. The second kappa shape index (κ2) is 7.15. The van der Waals surface area contributed by atoms with E-state index < -0.39 is 0 Å². The fraction of sp³-hybridized carbons (Fsp3) is 0.105. The summed E-state index contributed by atoms with van der Waals surface area (Å²) in [4.78, 5) is 16.1. The van der Waals surface area contributed by atoms with Crippen molar-refractivity contribution in [2.45, 2.75) is 13.0 Å². The van der Waals surface area contributed by atoms with Crippen molar-refractivity contribution in [3.8, 4) is 5.82 Å². The zero-order valence-electron chi connectivity index (χ0n) is 14.6. The molecule has 2 heterocycles. The SMILES string of the molecule is CC(Nc1nccc(-n2cnc3cc(N=[N+]=[N-])ccc32)n1)c1ccccc1. The van der Waals surface area contributed by atoms with Gasteiger partial charge in [-0.05, 0) is 36.2 Å². The molecule has 0 amide bonds. The van der Waals surface area contributed by atoms with Crippen LogP contribution in [0.25, 0.3) is 27.3 Å². The smallest absolute Gasteiger partial charge is 0.225 e. The number of benzene rings is 2. The summed E-state index contributed by atoms with van der Waals surface area (Å²) in [6.45, 7) is 2.06. The highest BCUT2D eigenvalue weighted by Gasteiger charge is 2.10. The van der Waals surface area contributed by atoms with Crippen molar-refractivity contribution in [2.24, 2.45) is 5.11 Å². The van der Waals surface area contributed by atoms with Gasteiger partial charge in [-0.1, -0.05) is 41.5 Å². The Morgan fingerprint density at radius 2 is 1.96 bits per heavy atom. The molecule has 4 rings (SSSR count). The van der Waals surface area contributed by atoms with Gasteiger partial charge in [0.15, 0.2) is 0 Å². The predicted octanol–water partition coefficient (Wildman–Crippen LogP) is 4.93. The first-order chi connectivity index (χ1) is 13.2. The van der Waals surface area contributed by atoms with Crippen molar-refractivity contribution in [3.63, 3.8) is 0 Å². The van der Waals surface area contributed by atoms with Crippen LogP contribution in [0.2, 0.25) is 0 Å². The molecule has 0 saturated heterocycles. The topological polar surface area (TPSA) is 104 Å². The third-order valence-electron chi connectivity index (χ3n) is 4.22. The molecule has 1 atom stereocenters. The Labute approximate surface area is 155 Å². The van der Waals surface area contributed by atoms with E-state index in [1.54, 1.807) is 24.7 Å². The molecule has 0 saturated carbocycles. The maximum atomic E-state index is 8.57. The maximum absolute atomic E-state index is 8.57. The summed E-state index contributed by atoms with van der Waals surface area (Å²) in [6.07, 6.45) is 3.40. The number of fused-ring (bicyclic) bond motifs is 1. The third kappa shape index (κ3) is 3.42. The molecule has 0 aliphatic rings. The molecule has 1 N–H and O–H groups in total. The number of hydrogen-bond donors (Lipinski definition) is 1. The number of azide groups is 1. The molecule has 0 aliphatic heterocycles. The summed E-state index contributed by atoms with van der Waals surface area (Å²) in [7, 11) is 0. The van der Waals surface area contributed by atoms with Gasteiger partial charge in [0.1, 0.15) is 12.1 Å². The highest BCUT2D eigenvalue weighted by Crippen LogP contribution is 2.23. The molecule has 4 aromatic rings. The third-order valence-corrected chi connectivity index (χ3v) is 4.22. The molecule has 27 heavy (non-hydrogen) atoms. The van der Waals surface area contributed by atoms with E-state index in [2.05, 4.69) is 49.4 Å². The first-order valence-electron chi connectivity index (χ1n) is 8.42. The summed E-state index contributed by atoms with van der Waals surface area (Å²) in [6, 6.07) is 17.4. The van der Waals surface area contributed by atoms with Crippen molar-refractivity contribution in [2.75, 3.05) is 5.32 Å². The van der Waals surface area contributed by atoms with E-state index in [1.807, 2.05) is 34.9 Å². The summed E-state index contributed by atoms with van der Waals surface area (Å²) in [5, 5.41) is 6.93. The zero-order chi connectivity index (χ0) is 18.6. The van der Waals surface area contributed by atoms with E-state index >= 15 is 0 Å². The molecule has 132 valence electrons. The lowest BCUT2D eigenvalue weighted by molar-refractivity contribution is 0.854. The molecule has 0 fully saturated rings. The normalized spacial score (nSPS) is 11.7. The van der Waals surface area contributed by atoms with Crippen LogP contribution in [-0.2, 0) is 0 Å². The Bertz CT molecular complexity index is 1130.